The molecular formula is C44H47NO9. The van der Waals surface area contributed by atoms with E-state index in [1.54, 1.807) is 17.0 Å². The lowest BCUT2D eigenvalue weighted by Gasteiger charge is -2.20. The highest BCUT2D eigenvalue weighted by Gasteiger charge is 2.31. The van der Waals surface area contributed by atoms with Crippen LogP contribution in [0, 0.1) is 0 Å². The molecule has 10 heteroatoms. The van der Waals surface area contributed by atoms with Gasteiger partial charge in [-0.25, -0.2) is 19.2 Å². The number of hydrogen-bond acceptors (Lipinski definition) is 9. The van der Waals surface area contributed by atoms with Crippen molar-refractivity contribution in [1.82, 2.24) is 0 Å². The molecule has 0 saturated heterocycles. The van der Waals surface area contributed by atoms with Gasteiger partial charge in [0.15, 0.2) is 0 Å². The molecule has 0 fully saturated rings. The van der Waals surface area contributed by atoms with Crippen LogP contribution in [0.1, 0.15) is 96.1 Å². The smallest absolute Gasteiger partial charge is 0.338 e. The summed E-state index contributed by atoms with van der Waals surface area (Å²) in [5, 5.41) is 1.89. The Morgan fingerprint density at radius 1 is 0.667 bits per heavy atom. The minimum absolute atomic E-state index is 0.0752. The van der Waals surface area contributed by atoms with Crippen LogP contribution in [-0.4, -0.2) is 56.2 Å². The fourth-order valence-corrected chi connectivity index (χ4v) is 6.45. The minimum atomic E-state index is -0.426. The largest absolute Gasteiger partial charge is 0.463 e. The second kappa shape index (κ2) is 19.9. The van der Waals surface area contributed by atoms with Gasteiger partial charge in [-0.1, -0.05) is 49.6 Å². The van der Waals surface area contributed by atoms with Crippen LogP contribution in [0.2, 0.25) is 0 Å². The lowest BCUT2D eigenvalue weighted by Crippen LogP contribution is -2.26. The van der Waals surface area contributed by atoms with Crippen molar-refractivity contribution in [2.24, 2.45) is 0 Å². The van der Waals surface area contributed by atoms with Gasteiger partial charge in [-0.3, -0.25) is 4.79 Å². The van der Waals surface area contributed by atoms with E-state index in [0.717, 1.165) is 90.3 Å². The average molecular weight is 734 g/mol. The molecule has 282 valence electrons. The van der Waals surface area contributed by atoms with Crippen LogP contribution < -0.4 is 4.90 Å². The Balaban J connectivity index is 1.14. The Kier molecular flexibility index (Phi) is 14.5. The second-order valence-electron chi connectivity index (χ2n) is 13.2. The first-order chi connectivity index (χ1) is 26.3. The summed E-state index contributed by atoms with van der Waals surface area (Å²) in [5.41, 5.74) is 5.50. The van der Waals surface area contributed by atoms with Gasteiger partial charge in [0, 0.05) is 28.7 Å². The summed E-state index contributed by atoms with van der Waals surface area (Å²) in [6.07, 6.45) is 13.7. The van der Waals surface area contributed by atoms with E-state index in [-0.39, 0.29) is 11.9 Å². The molecule has 0 atom stereocenters. The summed E-state index contributed by atoms with van der Waals surface area (Å²) in [5.74, 6) is -1.62. The summed E-state index contributed by atoms with van der Waals surface area (Å²) in [6, 6.07) is 17.0. The molecule has 0 bridgehead atoms. The van der Waals surface area contributed by atoms with E-state index in [0.29, 0.717) is 68.9 Å². The first-order valence-corrected chi connectivity index (χ1v) is 18.6. The average Bonchev–Trinajstić information content (AvgIpc) is 3.46. The lowest BCUT2D eigenvalue weighted by molar-refractivity contribution is -0.140. The zero-order chi connectivity index (χ0) is 38.3. The maximum absolute atomic E-state index is 13.7. The number of ether oxygens (including phenoxy) is 4. The van der Waals surface area contributed by atoms with Crippen LogP contribution in [0.25, 0.3) is 16.3 Å². The van der Waals surface area contributed by atoms with Crippen LogP contribution in [0.3, 0.4) is 0 Å². The lowest BCUT2D eigenvalue weighted by atomic mass is 9.91. The van der Waals surface area contributed by atoms with Crippen molar-refractivity contribution in [2.75, 3.05) is 31.3 Å². The van der Waals surface area contributed by atoms with E-state index in [4.69, 9.17) is 18.9 Å². The van der Waals surface area contributed by atoms with Crippen molar-refractivity contribution < 1.29 is 42.9 Å². The van der Waals surface area contributed by atoms with Crippen molar-refractivity contribution in [1.29, 1.82) is 0 Å². The fourth-order valence-electron chi connectivity index (χ4n) is 6.45. The van der Waals surface area contributed by atoms with Crippen molar-refractivity contribution in [3.63, 3.8) is 0 Å². The van der Waals surface area contributed by atoms with Crippen LogP contribution >= 0.6 is 0 Å². The van der Waals surface area contributed by atoms with Crippen molar-refractivity contribution in [3.05, 3.63) is 120 Å². The monoisotopic (exact) mass is 733 g/mol. The molecule has 3 aromatic rings. The first kappa shape index (κ1) is 39.4. The van der Waals surface area contributed by atoms with Gasteiger partial charge in [0.1, 0.15) is 0 Å². The summed E-state index contributed by atoms with van der Waals surface area (Å²) in [7, 11) is 0. The molecule has 0 spiro atoms. The van der Waals surface area contributed by atoms with Gasteiger partial charge in [-0.05, 0) is 117 Å². The molecule has 1 heterocycles. The fraction of sp³-hybridized carbons (Fsp3) is 0.341. The summed E-state index contributed by atoms with van der Waals surface area (Å²) >= 11 is 0. The van der Waals surface area contributed by atoms with Gasteiger partial charge in [0.25, 0.3) is 5.91 Å². The standard InChI is InChI=1S/C44H47NO9/c1-3-39(46)51-24-9-5-7-11-26-53-43(49)33-18-16-31(17-19-33)30-45-38-29-36(28-35-14-13-15-37(41(35)38)42(45)48)32-20-22-34(23-21-32)44(50)54-27-12-8-6-10-25-52-40(47)4-2/h3-4,13-20,22,28-29H,1-2,5-12,21,23-27,30H2. The molecule has 3 aromatic carbocycles. The SMILES string of the molecule is C=CC(=O)OCCCCCCOC(=O)C1=CC=C(c2cc3c4c(cccc4c2)C(=O)N3Cc2ccc(C(=O)OCCCCCCOC(=O)C=C)cc2)CC1. The number of carbonyl (C=O) groups is 5. The highest BCUT2D eigenvalue weighted by atomic mass is 16.5. The number of carbonyl (C=O) groups excluding carboxylic acids is 5. The topological polar surface area (TPSA) is 126 Å². The van der Waals surface area contributed by atoms with Crippen molar-refractivity contribution >= 4 is 51.8 Å². The third kappa shape index (κ3) is 10.7. The Bertz CT molecular complexity index is 1940. The number of allylic oxidation sites excluding steroid dienone is 3. The van der Waals surface area contributed by atoms with Crippen LogP contribution in [-0.2, 0) is 39.9 Å². The predicted octanol–water partition coefficient (Wildman–Crippen LogP) is 8.38. The highest BCUT2D eigenvalue weighted by molar-refractivity contribution is 6.25. The van der Waals surface area contributed by atoms with Gasteiger partial charge in [-0.2, -0.15) is 0 Å². The summed E-state index contributed by atoms with van der Waals surface area (Å²) in [4.78, 5) is 63.0. The van der Waals surface area contributed by atoms with Gasteiger partial charge in [-0.15, -0.1) is 0 Å². The number of unbranched alkanes of at least 4 members (excludes halogenated alkanes) is 6. The minimum Gasteiger partial charge on any atom is -0.463 e. The maximum Gasteiger partial charge on any atom is 0.338 e. The number of anilines is 1. The molecule has 0 unspecified atom stereocenters. The predicted molar refractivity (Wildman–Crippen MR) is 207 cm³/mol. The first-order valence-electron chi connectivity index (χ1n) is 18.6. The van der Waals surface area contributed by atoms with Crippen LogP contribution in [0.15, 0.2) is 97.6 Å². The quantitative estimate of drug-likeness (QED) is 0.0459. The van der Waals surface area contributed by atoms with Crippen molar-refractivity contribution in [2.45, 2.75) is 70.8 Å². The number of nitrogens with zero attached hydrogens (tertiary/aromatic N) is 1. The second-order valence-corrected chi connectivity index (χ2v) is 13.2. The number of benzene rings is 3. The summed E-state index contributed by atoms with van der Waals surface area (Å²) in [6.45, 7) is 8.43. The van der Waals surface area contributed by atoms with E-state index in [1.165, 1.54) is 0 Å². The molecule has 1 aliphatic heterocycles. The Hall–Kier alpha value is -5.77. The van der Waals surface area contributed by atoms with Crippen molar-refractivity contribution in [3.8, 4) is 0 Å². The molecule has 54 heavy (non-hydrogen) atoms. The Morgan fingerprint density at radius 3 is 1.83 bits per heavy atom. The molecule has 5 rings (SSSR count). The van der Waals surface area contributed by atoms with E-state index < -0.39 is 17.9 Å². The molecule has 0 saturated carbocycles. The van der Waals surface area contributed by atoms with E-state index in [9.17, 15) is 24.0 Å². The number of hydrogen-bond donors (Lipinski definition) is 0. The normalized spacial score (nSPS) is 13.2. The molecular weight excluding hydrogens is 686 g/mol. The van der Waals surface area contributed by atoms with Gasteiger partial charge in [0.05, 0.1) is 44.2 Å². The Morgan fingerprint density at radius 2 is 1.26 bits per heavy atom. The van der Waals surface area contributed by atoms with Gasteiger partial charge >= 0.3 is 23.9 Å². The molecule has 10 nitrogen and oxygen atoms in total. The summed E-state index contributed by atoms with van der Waals surface area (Å²) < 4.78 is 20.9. The number of esters is 4. The zero-order valence-corrected chi connectivity index (χ0v) is 30.6. The number of rotatable bonds is 21. The van der Waals surface area contributed by atoms with E-state index in [2.05, 4.69) is 25.3 Å². The molecule has 0 aromatic heterocycles. The molecule has 1 amide bonds. The molecule has 0 N–H and O–H groups in total. The Labute approximate surface area is 316 Å². The zero-order valence-electron chi connectivity index (χ0n) is 30.6. The van der Waals surface area contributed by atoms with E-state index >= 15 is 0 Å². The third-order valence-corrected chi connectivity index (χ3v) is 9.40. The van der Waals surface area contributed by atoms with Crippen LogP contribution in [0.5, 0.6) is 0 Å². The highest BCUT2D eigenvalue weighted by Crippen LogP contribution is 2.41. The van der Waals surface area contributed by atoms with Gasteiger partial charge < -0.3 is 23.8 Å². The molecule has 2 aliphatic rings. The van der Waals surface area contributed by atoms with Crippen LogP contribution in [0.4, 0.5) is 5.69 Å². The molecule has 1 aliphatic carbocycles. The number of amides is 1. The molecule has 0 radical (unpaired) electrons. The third-order valence-electron chi connectivity index (χ3n) is 9.40. The van der Waals surface area contributed by atoms with E-state index in [1.807, 2.05) is 42.5 Å². The maximum atomic E-state index is 13.7. The van der Waals surface area contributed by atoms with Gasteiger partial charge in [0.2, 0.25) is 0 Å².